The van der Waals surface area contributed by atoms with Gasteiger partial charge >= 0.3 is 5.97 Å². The normalized spacial score (nSPS) is 10.4. The first-order chi connectivity index (χ1) is 9.92. The van der Waals surface area contributed by atoms with Crippen molar-refractivity contribution in [3.63, 3.8) is 0 Å². The maximum atomic E-state index is 12.1. The summed E-state index contributed by atoms with van der Waals surface area (Å²) in [6.45, 7) is 1.66. The molecule has 21 heavy (non-hydrogen) atoms. The highest BCUT2D eigenvalue weighted by molar-refractivity contribution is 5.91. The number of carboxylic acid groups (broad SMARTS) is 1. The van der Waals surface area contributed by atoms with Crippen LogP contribution in [0.4, 0.5) is 0 Å². The van der Waals surface area contributed by atoms with Gasteiger partial charge in [0.2, 0.25) is 5.76 Å². The van der Waals surface area contributed by atoms with Crippen molar-refractivity contribution in [2.45, 2.75) is 13.5 Å². The summed E-state index contributed by atoms with van der Waals surface area (Å²) in [5, 5.41) is 12.5. The number of aromatic nitrogens is 1. The lowest BCUT2D eigenvalue weighted by molar-refractivity contribution is 0.0693. The number of carbonyl (C=O) groups excluding carboxylic acids is 1. The fourth-order valence-corrected chi connectivity index (χ4v) is 1.78. The number of carboxylic acids is 1. The lowest BCUT2D eigenvalue weighted by Crippen LogP contribution is -2.25. The third-order valence-corrected chi connectivity index (χ3v) is 2.85. The van der Waals surface area contributed by atoms with Gasteiger partial charge in [0.25, 0.3) is 11.8 Å². The Hall–Kier alpha value is -2.77. The Bertz CT molecular complexity index is 672. The Labute approximate surface area is 119 Å². The third kappa shape index (κ3) is 3.04. The van der Waals surface area contributed by atoms with Crippen LogP contribution in [-0.2, 0) is 6.54 Å². The van der Waals surface area contributed by atoms with Crippen molar-refractivity contribution < 1.29 is 28.4 Å². The molecule has 0 aromatic carbocycles. The summed E-state index contributed by atoms with van der Waals surface area (Å²) in [6, 6.07) is 2.76. The van der Waals surface area contributed by atoms with Crippen LogP contribution in [0, 0.1) is 6.92 Å². The van der Waals surface area contributed by atoms with E-state index in [0.717, 1.165) is 0 Å². The van der Waals surface area contributed by atoms with Gasteiger partial charge in [0.15, 0.2) is 0 Å². The van der Waals surface area contributed by atoms with Crippen LogP contribution in [0.15, 0.2) is 21.1 Å². The number of carbonyl (C=O) groups is 2. The summed E-state index contributed by atoms with van der Waals surface area (Å²) in [7, 11) is 2.95. The molecule has 2 heterocycles. The molecule has 0 aliphatic carbocycles. The summed E-state index contributed by atoms with van der Waals surface area (Å²) < 4.78 is 15.0. The van der Waals surface area contributed by atoms with Crippen molar-refractivity contribution in [3.8, 4) is 5.88 Å². The Balaban J connectivity index is 2.10. The van der Waals surface area contributed by atoms with E-state index >= 15 is 0 Å². The van der Waals surface area contributed by atoms with Gasteiger partial charge in [-0.3, -0.25) is 4.79 Å². The van der Waals surface area contributed by atoms with Crippen LogP contribution in [0.5, 0.6) is 5.88 Å². The highest BCUT2D eigenvalue weighted by atomic mass is 16.5. The van der Waals surface area contributed by atoms with E-state index in [1.54, 1.807) is 6.92 Å². The standard InChI is InChI=1S/C13H14N2O6/c1-7-9(13(17)18)4-8(20-7)6-15(2)12(16)10-5-11(19-3)14-21-10/h4-5H,6H2,1-3H3,(H,17,18). The van der Waals surface area contributed by atoms with Gasteiger partial charge in [-0.05, 0) is 18.1 Å². The summed E-state index contributed by atoms with van der Waals surface area (Å²) >= 11 is 0. The van der Waals surface area contributed by atoms with Crippen molar-refractivity contribution in [1.29, 1.82) is 0 Å². The SMILES string of the molecule is COc1cc(C(=O)N(C)Cc2cc(C(=O)O)c(C)o2)on1. The molecule has 0 aliphatic rings. The van der Waals surface area contributed by atoms with Crippen LogP contribution in [0.3, 0.4) is 0 Å². The maximum Gasteiger partial charge on any atom is 0.339 e. The minimum absolute atomic E-state index is 0.0242. The van der Waals surface area contributed by atoms with Gasteiger partial charge in [0.1, 0.15) is 17.1 Å². The first-order valence-electron chi connectivity index (χ1n) is 6.01. The van der Waals surface area contributed by atoms with Crippen LogP contribution in [0.1, 0.15) is 32.4 Å². The Kier molecular flexibility index (Phi) is 3.97. The van der Waals surface area contributed by atoms with Gasteiger partial charge < -0.3 is 23.7 Å². The monoisotopic (exact) mass is 294 g/mol. The number of ether oxygens (including phenoxy) is 1. The van der Waals surface area contributed by atoms with E-state index in [1.165, 1.54) is 31.2 Å². The van der Waals surface area contributed by atoms with Gasteiger partial charge in [-0.15, -0.1) is 0 Å². The van der Waals surface area contributed by atoms with E-state index in [0.29, 0.717) is 11.5 Å². The fraction of sp³-hybridized carbons (Fsp3) is 0.308. The van der Waals surface area contributed by atoms with Gasteiger partial charge in [-0.1, -0.05) is 0 Å². The molecule has 1 N–H and O–H groups in total. The largest absolute Gasteiger partial charge is 0.479 e. The molecule has 8 nitrogen and oxygen atoms in total. The second kappa shape index (κ2) is 5.70. The average Bonchev–Trinajstić information content (AvgIpc) is 3.04. The van der Waals surface area contributed by atoms with E-state index in [-0.39, 0.29) is 23.7 Å². The van der Waals surface area contributed by atoms with Crippen LogP contribution in [-0.4, -0.2) is 41.2 Å². The Morgan fingerprint density at radius 2 is 2.14 bits per heavy atom. The zero-order valence-electron chi connectivity index (χ0n) is 11.7. The quantitative estimate of drug-likeness (QED) is 0.891. The number of amides is 1. The molecular weight excluding hydrogens is 280 g/mol. The number of hydrogen-bond donors (Lipinski definition) is 1. The van der Waals surface area contributed by atoms with Crippen LogP contribution in [0.25, 0.3) is 0 Å². The van der Waals surface area contributed by atoms with Gasteiger partial charge in [-0.2, -0.15) is 0 Å². The molecule has 0 bridgehead atoms. The fourth-order valence-electron chi connectivity index (χ4n) is 1.78. The van der Waals surface area contributed by atoms with Gasteiger partial charge in [-0.25, -0.2) is 4.79 Å². The molecule has 0 radical (unpaired) electrons. The van der Waals surface area contributed by atoms with E-state index in [9.17, 15) is 9.59 Å². The van der Waals surface area contributed by atoms with E-state index < -0.39 is 11.9 Å². The minimum atomic E-state index is -1.07. The molecular formula is C13H14N2O6. The molecule has 0 saturated carbocycles. The van der Waals surface area contributed by atoms with Crippen LogP contribution >= 0.6 is 0 Å². The topological polar surface area (TPSA) is 106 Å². The number of methoxy groups -OCH3 is 1. The first-order valence-corrected chi connectivity index (χ1v) is 6.01. The molecule has 0 unspecified atom stereocenters. The van der Waals surface area contributed by atoms with E-state index in [2.05, 4.69) is 5.16 Å². The van der Waals surface area contributed by atoms with Crippen molar-refractivity contribution >= 4 is 11.9 Å². The zero-order valence-corrected chi connectivity index (χ0v) is 11.7. The van der Waals surface area contributed by atoms with E-state index in [1.807, 2.05) is 0 Å². The summed E-state index contributed by atoms with van der Waals surface area (Å²) in [6.07, 6.45) is 0. The van der Waals surface area contributed by atoms with Crippen LogP contribution < -0.4 is 4.74 Å². The van der Waals surface area contributed by atoms with E-state index in [4.69, 9.17) is 18.8 Å². The molecule has 1 amide bonds. The zero-order chi connectivity index (χ0) is 15.6. The number of hydrogen-bond acceptors (Lipinski definition) is 6. The molecule has 2 rings (SSSR count). The van der Waals surface area contributed by atoms with Crippen molar-refractivity contribution in [1.82, 2.24) is 10.1 Å². The summed E-state index contributed by atoms with van der Waals surface area (Å²) in [4.78, 5) is 24.3. The summed E-state index contributed by atoms with van der Waals surface area (Å²) in [5.41, 5.74) is 0.0761. The lowest BCUT2D eigenvalue weighted by atomic mass is 10.2. The average molecular weight is 294 g/mol. The summed E-state index contributed by atoms with van der Waals surface area (Å²) in [5.74, 6) is -0.607. The molecule has 0 aliphatic heterocycles. The lowest BCUT2D eigenvalue weighted by Gasteiger charge is -2.13. The Morgan fingerprint density at radius 1 is 1.43 bits per heavy atom. The predicted octanol–water partition coefficient (Wildman–Crippen LogP) is 1.56. The highest BCUT2D eigenvalue weighted by Gasteiger charge is 2.21. The second-order valence-electron chi connectivity index (χ2n) is 4.38. The molecule has 8 heteroatoms. The molecule has 112 valence electrons. The van der Waals surface area contributed by atoms with Crippen molar-refractivity contribution in [3.05, 3.63) is 35.0 Å². The van der Waals surface area contributed by atoms with Crippen LogP contribution in [0.2, 0.25) is 0 Å². The van der Waals surface area contributed by atoms with Crippen molar-refractivity contribution in [2.75, 3.05) is 14.2 Å². The minimum Gasteiger partial charge on any atom is -0.479 e. The molecule has 2 aromatic heterocycles. The molecule has 0 saturated heterocycles. The number of rotatable bonds is 5. The number of furan rings is 1. The van der Waals surface area contributed by atoms with Gasteiger partial charge in [0, 0.05) is 7.05 Å². The Morgan fingerprint density at radius 3 is 2.67 bits per heavy atom. The molecule has 2 aromatic rings. The maximum absolute atomic E-state index is 12.1. The highest BCUT2D eigenvalue weighted by Crippen LogP contribution is 2.18. The smallest absolute Gasteiger partial charge is 0.339 e. The first kappa shape index (κ1) is 14.6. The molecule has 0 fully saturated rings. The van der Waals surface area contributed by atoms with Crippen molar-refractivity contribution in [2.24, 2.45) is 0 Å². The number of nitrogens with zero attached hydrogens (tertiary/aromatic N) is 2. The number of aryl methyl sites for hydroxylation is 1. The number of aromatic carboxylic acids is 1. The second-order valence-corrected chi connectivity index (χ2v) is 4.38. The van der Waals surface area contributed by atoms with Gasteiger partial charge in [0.05, 0.1) is 19.7 Å². The third-order valence-electron chi connectivity index (χ3n) is 2.85. The molecule has 0 atom stereocenters. The predicted molar refractivity (Wildman–Crippen MR) is 69.3 cm³/mol. The molecule has 0 spiro atoms.